The zero-order chi connectivity index (χ0) is 21.2. The zero-order valence-corrected chi connectivity index (χ0v) is 18.5. The van der Waals surface area contributed by atoms with Crippen molar-refractivity contribution in [2.75, 3.05) is 18.0 Å². The maximum absolute atomic E-state index is 15.1. The van der Waals surface area contributed by atoms with E-state index in [4.69, 9.17) is 0 Å². The Kier molecular flexibility index (Phi) is 9.36. The fourth-order valence-electron chi connectivity index (χ4n) is 3.76. The summed E-state index contributed by atoms with van der Waals surface area (Å²) in [5.41, 5.74) is 1.65. The quantitative estimate of drug-likeness (QED) is 0.412. The fraction of sp³-hybridized carbons (Fsp3) is 0.583. The predicted molar refractivity (Wildman–Crippen MR) is 120 cm³/mol. The Morgan fingerprint density at radius 1 is 0.931 bits per heavy atom. The highest BCUT2D eigenvalue weighted by atomic mass is 19.1. The molecule has 0 aliphatic carbocycles. The summed E-state index contributed by atoms with van der Waals surface area (Å²) in [5.74, 6) is 0.290. The molecule has 5 heteroatoms. The van der Waals surface area contributed by atoms with E-state index in [-0.39, 0.29) is 11.4 Å². The number of aryl methyl sites for hydroxylation is 2. The molecule has 1 heterocycles. The summed E-state index contributed by atoms with van der Waals surface area (Å²) >= 11 is 0. The van der Waals surface area contributed by atoms with E-state index in [2.05, 4.69) is 23.7 Å². The van der Waals surface area contributed by atoms with Crippen LogP contribution in [0, 0.1) is 19.7 Å². The minimum absolute atomic E-state index is 0.182. The van der Waals surface area contributed by atoms with E-state index in [0.717, 1.165) is 25.9 Å². The van der Waals surface area contributed by atoms with Crippen LogP contribution in [0.25, 0.3) is 5.69 Å². The number of aromatic nitrogens is 2. The normalized spacial score (nSPS) is 11.1. The van der Waals surface area contributed by atoms with Crippen LogP contribution in [-0.2, 0) is 0 Å². The molecule has 0 spiro atoms. The molecule has 0 aliphatic heterocycles. The van der Waals surface area contributed by atoms with Crippen molar-refractivity contribution in [3.05, 3.63) is 52.0 Å². The molecule has 2 rings (SSSR count). The Morgan fingerprint density at radius 2 is 1.55 bits per heavy atom. The lowest BCUT2D eigenvalue weighted by atomic mass is 10.1. The summed E-state index contributed by atoms with van der Waals surface area (Å²) in [7, 11) is 0. The maximum Gasteiger partial charge on any atom is 0.258 e. The van der Waals surface area contributed by atoms with Gasteiger partial charge in [-0.05, 0) is 38.8 Å². The third-order valence-corrected chi connectivity index (χ3v) is 5.31. The van der Waals surface area contributed by atoms with Crippen LogP contribution >= 0.6 is 0 Å². The van der Waals surface area contributed by atoms with E-state index < -0.39 is 0 Å². The first-order valence-corrected chi connectivity index (χ1v) is 11.1. The topological polar surface area (TPSA) is 38.1 Å². The van der Waals surface area contributed by atoms with E-state index >= 15 is 4.39 Å². The van der Waals surface area contributed by atoms with Crippen LogP contribution in [0.5, 0.6) is 0 Å². The Hall–Kier alpha value is -2.17. The molecule has 0 N–H and O–H groups in total. The van der Waals surface area contributed by atoms with E-state index in [1.807, 2.05) is 12.1 Å². The minimum Gasteiger partial charge on any atom is -0.369 e. The lowest BCUT2D eigenvalue weighted by Crippen LogP contribution is -2.27. The van der Waals surface area contributed by atoms with E-state index in [1.165, 1.54) is 55.2 Å². The van der Waals surface area contributed by atoms with Gasteiger partial charge in [0.1, 0.15) is 11.6 Å². The third kappa shape index (κ3) is 6.69. The first-order chi connectivity index (χ1) is 14.0. The van der Waals surface area contributed by atoms with Crippen molar-refractivity contribution in [1.29, 1.82) is 0 Å². The molecule has 0 radical (unpaired) electrons. The predicted octanol–water partition coefficient (Wildman–Crippen LogP) is 5.96. The van der Waals surface area contributed by atoms with E-state index in [1.54, 1.807) is 13.8 Å². The van der Waals surface area contributed by atoms with E-state index in [9.17, 15) is 4.79 Å². The van der Waals surface area contributed by atoms with Crippen LogP contribution in [0.15, 0.2) is 29.1 Å². The van der Waals surface area contributed by atoms with Gasteiger partial charge in [0, 0.05) is 30.9 Å². The molecule has 0 saturated heterocycles. The van der Waals surface area contributed by atoms with Gasteiger partial charge in [0.05, 0.1) is 11.4 Å². The van der Waals surface area contributed by atoms with Crippen LogP contribution in [0.4, 0.5) is 10.1 Å². The van der Waals surface area contributed by atoms with Gasteiger partial charge in [-0.1, -0.05) is 52.4 Å². The lowest BCUT2D eigenvalue weighted by molar-refractivity contribution is 0.583. The van der Waals surface area contributed by atoms with Gasteiger partial charge in [-0.15, -0.1) is 0 Å². The van der Waals surface area contributed by atoms with Gasteiger partial charge in [-0.3, -0.25) is 9.36 Å². The highest BCUT2D eigenvalue weighted by Gasteiger charge is 2.14. The van der Waals surface area contributed by atoms with Gasteiger partial charge < -0.3 is 4.90 Å². The number of hydrogen-bond donors (Lipinski definition) is 0. The highest BCUT2D eigenvalue weighted by Crippen LogP contribution is 2.24. The average Bonchev–Trinajstić information content (AvgIpc) is 2.66. The standard InChI is InChI=1S/C24H36FN3O/c1-5-7-9-11-15-27(16-12-10-8-6-2)23-14-13-21(18-22(23)25)28-20(4)26-19(3)17-24(28)29/h13-14,17-18H,5-12,15-16H2,1-4H3. The molecule has 1 aromatic carbocycles. The summed E-state index contributed by atoms with van der Waals surface area (Å²) in [5, 5.41) is 0. The first-order valence-electron chi connectivity index (χ1n) is 11.1. The molecule has 0 aliphatic rings. The van der Waals surface area contributed by atoms with Gasteiger partial charge in [-0.2, -0.15) is 0 Å². The number of unbranched alkanes of at least 4 members (excludes halogenated alkanes) is 6. The van der Waals surface area contributed by atoms with Crippen LogP contribution < -0.4 is 10.5 Å². The molecule has 4 nitrogen and oxygen atoms in total. The van der Waals surface area contributed by atoms with Crippen LogP contribution in [0.2, 0.25) is 0 Å². The van der Waals surface area contributed by atoms with Gasteiger partial charge in [0.25, 0.3) is 5.56 Å². The van der Waals surface area contributed by atoms with Crippen molar-refractivity contribution in [3.63, 3.8) is 0 Å². The van der Waals surface area contributed by atoms with Gasteiger partial charge >= 0.3 is 0 Å². The third-order valence-electron chi connectivity index (χ3n) is 5.31. The Balaban J connectivity index is 2.23. The number of nitrogens with zero attached hydrogens (tertiary/aromatic N) is 3. The average molecular weight is 402 g/mol. The molecular weight excluding hydrogens is 365 g/mol. The molecule has 1 aromatic heterocycles. The summed E-state index contributed by atoms with van der Waals surface area (Å²) in [6, 6.07) is 6.59. The smallest absolute Gasteiger partial charge is 0.258 e. The molecular formula is C24H36FN3O. The van der Waals surface area contributed by atoms with Crippen molar-refractivity contribution in [1.82, 2.24) is 9.55 Å². The van der Waals surface area contributed by atoms with Crippen molar-refractivity contribution in [2.45, 2.75) is 79.1 Å². The van der Waals surface area contributed by atoms with Crippen molar-refractivity contribution in [2.24, 2.45) is 0 Å². The maximum atomic E-state index is 15.1. The SMILES string of the molecule is CCCCCCN(CCCCCC)c1ccc(-n2c(C)nc(C)cc2=O)cc1F. The number of benzene rings is 1. The molecule has 0 atom stereocenters. The largest absolute Gasteiger partial charge is 0.369 e. The summed E-state index contributed by atoms with van der Waals surface area (Å²) in [6.45, 7) is 9.70. The second-order valence-corrected chi connectivity index (χ2v) is 7.86. The molecule has 0 amide bonds. The molecule has 0 bridgehead atoms. The fourth-order valence-corrected chi connectivity index (χ4v) is 3.76. The zero-order valence-electron chi connectivity index (χ0n) is 18.5. The van der Waals surface area contributed by atoms with Gasteiger partial charge in [0.15, 0.2) is 0 Å². The molecule has 0 fully saturated rings. The minimum atomic E-state index is -0.277. The monoisotopic (exact) mass is 401 g/mol. The molecule has 160 valence electrons. The Labute approximate surface area is 174 Å². The van der Waals surface area contributed by atoms with Crippen LogP contribution in [-0.4, -0.2) is 22.6 Å². The summed E-state index contributed by atoms with van der Waals surface area (Å²) in [6.07, 6.45) is 9.31. The number of rotatable bonds is 12. The first kappa shape index (κ1) is 23.1. The lowest BCUT2D eigenvalue weighted by Gasteiger charge is -2.26. The van der Waals surface area contributed by atoms with Crippen molar-refractivity contribution >= 4 is 5.69 Å². The Bertz CT molecular complexity index is 819. The summed E-state index contributed by atoms with van der Waals surface area (Å²) < 4.78 is 16.6. The molecule has 0 unspecified atom stereocenters. The second kappa shape index (κ2) is 11.7. The molecule has 0 saturated carbocycles. The van der Waals surface area contributed by atoms with Gasteiger partial charge in [0.2, 0.25) is 0 Å². The van der Waals surface area contributed by atoms with Crippen LogP contribution in [0.1, 0.15) is 76.7 Å². The van der Waals surface area contributed by atoms with Crippen molar-refractivity contribution < 1.29 is 4.39 Å². The highest BCUT2D eigenvalue weighted by molar-refractivity contribution is 5.52. The Morgan fingerprint density at radius 3 is 2.07 bits per heavy atom. The van der Waals surface area contributed by atoms with Crippen LogP contribution in [0.3, 0.4) is 0 Å². The van der Waals surface area contributed by atoms with E-state index in [0.29, 0.717) is 22.9 Å². The van der Waals surface area contributed by atoms with Crippen molar-refractivity contribution in [3.8, 4) is 5.69 Å². The molecule has 29 heavy (non-hydrogen) atoms. The second-order valence-electron chi connectivity index (χ2n) is 7.86. The summed E-state index contributed by atoms with van der Waals surface area (Å²) in [4.78, 5) is 18.9. The number of halogens is 1. The number of anilines is 1. The molecule has 2 aromatic rings. The van der Waals surface area contributed by atoms with Gasteiger partial charge in [-0.25, -0.2) is 9.37 Å². The number of hydrogen-bond acceptors (Lipinski definition) is 3.